The first kappa shape index (κ1) is 27.1. The average molecular weight is 605 g/mol. The second kappa shape index (κ2) is 12.6. The van der Waals surface area contributed by atoms with E-state index in [4.69, 9.17) is 0 Å². The van der Waals surface area contributed by atoms with E-state index in [1.807, 2.05) is 102 Å². The van der Waals surface area contributed by atoms with Crippen molar-refractivity contribution in [1.29, 1.82) is 0 Å². The Morgan fingerprint density at radius 1 is 0.949 bits per heavy atom. The van der Waals surface area contributed by atoms with Gasteiger partial charge in [-0.15, -0.1) is 10.2 Å². The molecule has 5 rings (SSSR count). The maximum Gasteiger partial charge on any atom is 0.254 e. The summed E-state index contributed by atoms with van der Waals surface area (Å²) in [7, 11) is 0. The molecule has 0 spiro atoms. The number of benzene rings is 3. The molecule has 1 aliphatic rings. The number of rotatable bonds is 8. The molecule has 1 atom stereocenters. The zero-order valence-electron chi connectivity index (χ0n) is 21.7. The van der Waals surface area contributed by atoms with Crippen LogP contribution in [0.1, 0.15) is 30.1 Å². The van der Waals surface area contributed by atoms with Crippen LogP contribution in [0.3, 0.4) is 0 Å². The molecule has 1 unspecified atom stereocenters. The Kier molecular flexibility index (Phi) is 8.78. The number of halogens is 1. The Bertz CT molecular complexity index is 1430. The van der Waals surface area contributed by atoms with Crippen LogP contribution < -0.4 is 0 Å². The molecule has 3 aromatic carbocycles. The molecule has 1 saturated heterocycles. The Balaban J connectivity index is 1.16. The monoisotopic (exact) mass is 603 g/mol. The van der Waals surface area contributed by atoms with Crippen LogP contribution in [0.25, 0.3) is 17.1 Å². The lowest BCUT2D eigenvalue weighted by atomic mass is 10.1. The number of thioether (sulfide) groups is 1. The summed E-state index contributed by atoms with van der Waals surface area (Å²) in [5.41, 5.74) is 2.67. The molecule has 0 aliphatic carbocycles. The Morgan fingerprint density at radius 2 is 1.69 bits per heavy atom. The zero-order chi connectivity index (χ0) is 27.2. The van der Waals surface area contributed by atoms with Crippen molar-refractivity contribution in [2.45, 2.75) is 31.0 Å². The fraction of sp³-hybridized carbons (Fsp3) is 0.267. The molecule has 200 valence electrons. The highest BCUT2D eigenvalue weighted by Crippen LogP contribution is 2.28. The molecule has 1 aromatic heterocycles. The Hall–Kier alpha value is -3.43. The summed E-state index contributed by atoms with van der Waals surface area (Å²) < 4.78 is 2.95. The van der Waals surface area contributed by atoms with E-state index < -0.39 is 0 Å². The van der Waals surface area contributed by atoms with Crippen molar-refractivity contribution in [3.8, 4) is 17.1 Å². The number of nitrogens with zero attached hydrogens (tertiary/aromatic N) is 5. The molecular weight excluding hydrogens is 574 g/mol. The predicted molar refractivity (Wildman–Crippen MR) is 158 cm³/mol. The summed E-state index contributed by atoms with van der Waals surface area (Å²) in [4.78, 5) is 29.7. The molecule has 0 saturated carbocycles. The number of hydrogen-bond acceptors (Lipinski definition) is 5. The van der Waals surface area contributed by atoms with Crippen LogP contribution in [0.2, 0.25) is 0 Å². The first-order chi connectivity index (χ1) is 19.0. The van der Waals surface area contributed by atoms with Crippen LogP contribution in [0.4, 0.5) is 0 Å². The van der Waals surface area contributed by atoms with Gasteiger partial charge in [0.25, 0.3) is 5.91 Å². The smallest absolute Gasteiger partial charge is 0.254 e. The van der Waals surface area contributed by atoms with Gasteiger partial charge in [0.1, 0.15) is 0 Å². The molecule has 0 N–H and O–H groups in total. The van der Waals surface area contributed by atoms with Gasteiger partial charge in [-0.05, 0) is 43.7 Å². The lowest BCUT2D eigenvalue weighted by molar-refractivity contribution is -0.133. The Morgan fingerprint density at radius 3 is 2.41 bits per heavy atom. The standard InChI is InChI=1S/C30H30BrN5O2S/c1-22-21-34(17-18-35(22)29(38)24-12-8-13-25(31)20-24)27(37)16-9-19-39-30-33-32-28(23-10-4-2-5-11-23)36(30)26-14-6-3-7-15-26/h2-8,10-15,20,22H,9,16-19,21H2,1H3. The molecule has 0 bridgehead atoms. The second-order valence-corrected chi connectivity index (χ2v) is 11.5. The summed E-state index contributed by atoms with van der Waals surface area (Å²) in [6, 6.07) is 27.5. The molecule has 4 aromatic rings. The number of amides is 2. The van der Waals surface area contributed by atoms with E-state index in [9.17, 15) is 9.59 Å². The molecular formula is C30H30BrN5O2S. The van der Waals surface area contributed by atoms with Crippen molar-refractivity contribution < 1.29 is 9.59 Å². The summed E-state index contributed by atoms with van der Waals surface area (Å²) in [5, 5.41) is 9.78. The molecule has 2 amide bonds. The van der Waals surface area contributed by atoms with Crippen LogP contribution in [-0.4, -0.2) is 67.8 Å². The lowest BCUT2D eigenvalue weighted by Crippen LogP contribution is -2.55. The topological polar surface area (TPSA) is 71.3 Å². The summed E-state index contributed by atoms with van der Waals surface area (Å²) in [6.07, 6.45) is 1.20. The van der Waals surface area contributed by atoms with Crippen LogP contribution in [-0.2, 0) is 4.79 Å². The van der Waals surface area contributed by atoms with Gasteiger partial charge in [-0.25, -0.2) is 0 Å². The third-order valence-electron chi connectivity index (χ3n) is 6.76. The molecule has 1 fully saturated rings. The number of aromatic nitrogens is 3. The SMILES string of the molecule is CC1CN(C(=O)CCCSc2nnc(-c3ccccc3)n2-c2ccccc2)CCN1C(=O)c1cccc(Br)c1. The quantitative estimate of drug-likeness (QED) is 0.184. The van der Waals surface area contributed by atoms with E-state index in [1.165, 1.54) is 0 Å². The van der Waals surface area contributed by atoms with Crippen molar-refractivity contribution in [2.75, 3.05) is 25.4 Å². The van der Waals surface area contributed by atoms with Gasteiger partial charge in [-0.3, -0.25) is 14.2 Å². The number of para-hydroxylation sites is 1. The molecule has 39 heavy (non-hydrogen) atoms. The van der Waals surface area contributed by atoms with E-state index in [-0.39, 0.29) is 17.9 Å². The van der Waals surface area contributed by atoms with Gasteiger partial charge in [-0.1, -0.05) is 82.3 Å². The highest BCUT2D eigenvalue weighted by molar-refractivity contribution is 9.10. The van der Waals surface area contributed by atoms with Gasteiger partial charge < -0.3 is 9.80 Å². The fourth-order valence-corrected chi connectivity index (χ4v) is 6.06. The number of carbonyl (C=O) groups excluding carboxylic acids is 2. The van der Waals surface area contributed by atoms with Crippen LogP contribution in [0.15, 0.2) is 94.6 Å². The van der Waals surface area contributed by atoms with Crippen molar-refractivity contribution in [3.63, 3.8) is 0 Å². The largest absolute Gasteiger partial charge is 0.339 e. The van der Waals surface area contributed by atoms with Gasteiger partial charge in [0, 0.05) is 59.1 Å². The fourth-order valence-electron chi connectivity index (χ4n) is 4.77. The first-order valence-electron chi connectivity index (χ1n) is 13.0. The molecule has 7 nitrogen and oxygen atoms in total. The average Bonchev–Trinajstić information content (AvgIpc) is 3.39. The van der Waals surface area contributed by atoms with E-state index >= 15 is 0 Å². The first-order valence-corrected chi connectivity index (χ1v) is 14.8. The van der Waals surface area contributed by atoms with E-state index in [1.54, 1.807) is 11.8 Å². The van der Waals surface area contributed by atoms with Gasteiger partial charge in [0.2, 0.25) is 5.91 Å². The third kappa shape index (κ3) is 6.42. The minimum Gasteiger partial charge on any atom is -0.339 e. The zero-order valence-corrected chi connectivity index (χ0v) is 24.1. The van der Waals surface area contributed by atoms with E-state index in [2.05, 4.69) is 30.7 Å². The maximum atomic E-state index is 13.0. The summed E-state index contributed by atoms with van der Waals surface area (Å²) >= 11 is 5.05. The highest BCUT2D eigenvalue weighted by Gasteiger charge is 2.30. The Labute approximate surface area is 241 Å². The predicted octanol–water partition coefficient (Wildman–Crippen LogP) is 5.94. The molecule has 9 heteroatoms. The highest BCUT2D eigenvalue weighted by atomic mass is 79.9. The maximum absolute atomic E-state index is 13.0. The van der Waals surface area contributed by atoms with Crippen molar-refractivity contribution in [2.24, 2.45) is 0 Å². The van der Waals surface area contributed by atoms with Crippen molar-refractivity contribution in [3.05, 3.63) is 95.0 Å². The van der Waals surface area contributed by atoms with Gasteiger partial charge >= 0.3 is 0 Å². The number of carbonyl (C=O) groups is 2. The van der Waals surface area contributed by atoms with Crippen molar-refractivity contribution in [1.82, 2.24) is 24.6 Å². The van der Waals surface area contributed by atoms with Gasteiger partial charge in [0.05, 0.1) is 0 Å². The number of hydrogen-bond donors (Lipinski definition) is 0. The van der Waals surface area contributed by atoms with Crippen LogP contribution in [0, 0.1) is 0 Å². The molecule has 2 heterocycles. The molecule has 0 radical (unpaired) electrons. The second-order valence-electron chi connectivity index (χ2n) is 9.49. The normalized spacial score (nSPS) is 15.4. The van der Waals surface area contributed by atoms with E-state index in [0.717, 1.165) is 38.9 Å². The molecule has 1 aliphatic heterocycles. The lowest BCUT2D eigenvalue weighted by Gasteiger charge is -2.40. The number of piperazine rings is 1. The van der Waals surface area contributed by atoms with Gasteiger partial charge in [0.15, 0.2) is 11.0 Å². The minimum atomic E-state index is -0.0376. The summed E-state index contributed by atoms with van der Waals surface area (Å²) in [6.45, 7) is 3.65. The minimum absolute atomic E-state index is 0.00435. The van der Waals surface area contributed by atoms with Crippen molar-refractivity contribution >= 4 is 39.5 Å². The van der Waals surface area contributed by atoms with E-state index in [0.29, 0.717) is 31.6 Å². The van der Waals surface area contributed by atoms with Gasteiger partial charge in [-0.2, -0.15) is 0 Å². The van der Waals surface area contributed by atoms with Crippen LogP contribution in [0.5, 0.6) is 0 Å². The third-order valence-corrected chi connectivity index (χ3v) is 8.27. The summed E-state index contributed by atoms with van der Waals surface area (Å²) in [5.74, 6) is 1.68. The van der Waals surface area contributed by atoms with Crippen LogP contribution >= 0.6 is 27.7 Å².